The number of carbonyl (C=O) groups is 1. The van der Waals surface area contributed by atoms with Gasteiger partial charge in [-0.1, -0.05) is 20.8 Å². The van der Waals surface area contributed by atoms with Gasteiger partial charge in [0.2, 0.25) is 0 Å². The van der Waals surface area contributed by atoms with Gasteiger partial charge in [0, 0.05) is 6.54 Å². The number of nitrogen functional groups attached to an aromatic ring is 1. The van der Waals surface area contributed by atoms with Gasteiger partial charge in [0.05, 0.1) is 11.9 Å². The van der Waals surface area contributed by atoms with Crippen LogP contribution in [0, 0.1) is 5.41 Å². The predicted octanol–water partition coefficient (Wildman–Crippen LogP) is 1.14. The van der Waals surface area contributed by atoms with Crippen molar-refractivity contribution in [3.05, 3.63) is 24.0 Å². The number of anilines is 1. The molecule has 88 valence electrons. The summed E-state index contributed by atoms with van der Waals surface area (Å²) in [5.41, 5.74) is 3.58. The van der Waals surface area contributed by atoms with Gasteiger partial charge in [-0.2, -0.15) is 0 Å². The topological polar surface area (TPSA) is 80.0 Å². The third-order valence-electron chi connectivity index (χ3n) is 1.94. The van der Waals surface area contributed by atoms with Crippen molar-refractivity contribution >= 4 is 11.6 Å². The zero-order chi connectivity index (χ0) is 12.2. The number of amides is 1. The van der Waals surface area contributed by atoms with Crippen LogP contribution in [-0.4, -0.2) is 17.4 Å². The Bertz CT molecular complexity index is 353. The smallest absolute Gasteiger partial charge is 0.269 e. The summed E-state index contributed by atoms with van der Waals surface area (Å²) in [4.78, 5) is 15.7. The van der Waals surface area contributed by atoms with E-state index in [1.165, 1.54) is 6.20 Å². The molecule has 0 radical (unpaired) electrons. The van der Waals surface area contributed by atoms with E-state index in [4.69, 9.17) is 5.84 Å². The second-order valence-electron chi connectivity index (χ2n) is 4.82. The number of rotatable bonds is 3. The van der Waals surface area contributed by atoms with E-state index in [9.17, 15) is 4.79 Å². The summed E-state index contributed by atoms with van der Waals surface area (Å²) < 4.78 is 0. The Kier molecular flexibility index (Phi) is 3.84. The molecule has 5 nitrogen and oxygen atoms in total. The lowest BCUT2D eigenvalue weighted by Gasteiger charge is -2.18. The number of carbonyl (C=O) groups excluding carboxylic acids is 1. The molecule has 0 aliphatic carbocycles. The molecule has 16 heavy (non-hydrogen) atoms. The summed E-state index contributed by atoms with van der Waals surface area (Å²) in [5, 5.41) is 2.82. The number of hydrazine groups is 1. The lowest BCUT2D eigenvalue weighted by molar-refractivity contribution is 0.0934. The van der Waals surface area contributed by atoms with E-state index < -0.39 is 0 Å². The Morgan fingerprint density at radius 1 is 1.44 bits per heavy atom. The molecule has 5 heteroatoms. The van der Waals surface area contributed by atoms with Crippen molar-refractivity contribution in [2.24, 2.45) is 11.3 Å². The van der Waals surface area contributed by atoms with Gasteiger partial charge in [-0.25, -0.2) is 4.98 Å². The Morgan fingerprint density at radius 2 is 2.12 bits per heavy atom. The molecule has 1 heterocycles. The third kappa shape index (κ3) is 3.86. The van der Waals surface area contributed by atoms with Gasteiger partial charge >= 0.3 is 0 Å². The van der Waals surface area contributed by atoms with Gasteiger partial charge in [-0.15, -0.1) is 0 Å². The molecule has 0 atom stereocenters. The molecule has 0 aliphatic rings. The fraction of sp³-hybridized carbons (Fsp3) is 0.455. The van der Waals surface area contributed by atoms with Crippen LogP contribution in [0.2, 0.25) is 0 Å². The number of nitrogens with zero attached hydrogens (tertiary/aromatic N) is 1. The zero-order valence-corrected chi connectivity index (χ0v) is 9.87. The van der Waals surface area contributed by atoms with Crippen molar-refractivity contribution in [3.63, 3.8) is 0 Å². The lowest BCUT2D eigenvalue weighted by atomic mass is 9.97. The van der Waals surface area contributed by atoms with E-state index in [0.717, 1.165) is 0 Å². The van der Waals surface area contributed by atoms with Crippen LogP contribution in [0.25, 0.3) is 0 Å². The maximum atomic E-state index is 11.7. The molecule has 0 saturated heterocycles. The number of nitrogens with two attached hydrogens (primary N) is 1. The van der Waals surface area contributed by atoms with Gasteiger partial charge in [0.1, 0.15) is 5.69 Å². The fourth-order valence-corrected chi connectivity index (χ4v) is 1.05. The first-order valence-electron chi connectivity index (χ1n) is 5.13. The highest BCUT2D eigenvalue weighted by molar-refractivity contribution is 5.92. The summed E-state index contributed by atoms with van der Waals surface area (Å²) >= 11 is 0. The number of nitrogens with one attached hydrogen (secondary N) is 2. The summed E-state index contributed by atoms with van der Waals surface area (Å²) in [5.74, 6) is 5.03. The Labute approximate surface area is 95.4 Å². The SMILES string of the molecule is CC(C)(C)CNC(=O)c1ccc(NN)cn1. The largest absolute Gasteiger partial charge is 0.350 e. The standard InChI is InChI=1S/C11H18N4O/c1-11(2,3)7-14-10(16)9-5-4-8(15-12)6-13-9/h4-6,15H,7,12H2,1-3H3,(H,14,16). The van der Waals surface area contributed by atoms with E-state index in [1.54, 1.807) is 12.1 Å². The Balaban J connectivity index is 2.59. The predicted molar refractivity (Wildman–Crippen MR) is 63.8 cm³/mol. The van der Waals surface area contributed by atoms with Gasteiger partial charge < -0.3 is 10.7 Å². The van der Waals surface area contributed by atoms with Crippen molar-refractivity contribution in [1.29, 1.82) is 0 Å². The molecule has 0 aliphatic heterocycles. The third-order valence-corrected chi connectivity index (χ3v) is 1.94. The first-order chi connectivity index (χ1) is 7.42. The van der Waals surface area contributed by atoms with Crippen LogP contribution in [0.4, 0.5) is 5.69 Å². The lowest BCUT2D eigenvalue weighted by Crippen LogP contribution is -2.32. The molecule has 0 saturated carbocycles. The zero-order valence-electron chi connectivity index (χ0n) is 9.87. The number of aromatic nitrogens is 1. The molecule has 0 unspecified atom stereocenters. The molecule has 4 N–H and O–H groups in total. The van der Waals surface area contributed by atoms with Gasteiger partial charge in [-0.05, 0) is 17.5 Å². The van der Waals surface area contributed by atoms with E-state index >= 15 is 0 Å². The van der Waals surface area contributed by atoms with Gasteiger partial charge in [0.25, 0.3) is 5.91 Å². The van der Waals surface area contributed by atoms with E-state index in [2.05, 4.69) is 36.5 Å². The Hall–Kier alpha value is -1.62. The monoisotopic (exact) mass is 222 g/mol. The minimum atomic E-state index is -0.168. The van der Waals surface area contributed by atoms with Crippen LogP contribution >= 0.6 is 0 Å². The highest BCUT2D eigenvalue weighted by Gasteiger charge is 2.13. The molecule has 0 spiro atoms. The molecule has 1 aromatic heterocycles. The number of pyridine rings is 1. The second-order valence-corrected chi connectivity index (χ2v) is 4.82. The first kappa shape index (κ1) is 12.4. The normalized spacial score (nSPS) is 11.0. The summed E-state index contributed by atoms with van der Waals surface area (Å²) in [6, 6.07) is 3.34. The maximum absolute atomic E-state index is 11.7. The summed E-state index contributed by atoms with van der Waals surface area (Å²) in [6.45, 7) is 6.79. The highest BCUT2D eigenvalue weighted by Crippen LogP contribution is 2.11. The maximum Gasteiger partial charge on any atom is 0.269 e. The molecule has 0 aromatic carbocycles. The summed E-state index contributed by atoms with van der Waals surface area (Å²) in [7, 11) is 0. The van der Waals surface area contributed by atoms with Gasteiger partial charge in [-0.3, -0.25) is 10.6 Å². The molecule has 0 bridgehead atoms. The van der Waals surface area contributed by atoms with Crippen LogP contribution in [-0.2, 0) is 0 Å². The van der Waals surface area contributed by atoms with Crippen molar-refractivity contribution in [2.45, 2.75) is 20.8 Å². The first-order valence-corrected chi connectivity index (χ1v) is 5.13. The quantitative estimate of drug-likeness (QED) is 0.529. The highest BCUT2D eigenvalue weighted by atomic mass is 16.1. The average molecular weight is 222 g/mol. The van der Waals surface area contributed by atoms with Crippen molar-refractivity contribution in [1.82, 2.24) is 10.3 Å². The van der Waals surface area contributed by atoms with Crippen LogP contribution in [0.1, 0.15) is 31.3 Å². The van der Waals surface area contributed by atoms with Crippen LogP contribution in [0.15, 0.2) is 18.3 Å². The summed E-state index contributed by atoms with van der Waals surface area (Å²) in [6.07, 6.45) is 1.52. The minimum absolute atomic E-state index is 0.0639. The van der Waals surface area contributed by atoms with Crippen LogP contribution in [0.5, 0.6) is 0 Å². The van der Waals surface area contributed by atoms with Crippen LogP contribution < -0.4 is 16.6 Å². The van der Waals surface area contributed by atoms with E-state index in [1.807, 2.05) is 0 Å². The minimum Gasteiger partial charge on any atom is -0.350 e. The van der Waals surface area contributed by atoms with E-state index in [-0.39, 0.29) is 11.3 Å². The van der Waals surface area contributed by atoms with Crippen LogP contribution in [0.3, 0.4) is 0 Å². The average Bonchev–Trinajstić information content (AvgIpc) is 2.25. The molecule has 1 aromatic rings. The Morgan fingerprint density at radius 3 is 2.56 bits per heavy atom. The molecular weight excluding hydrogens is 204 g/mol. The number of hydrogen-bond acceptors (Lipinski definition) is 4. The second kappa shape index (κ2) is 4.94. The van der Waals surface area contributed by atoms with Crippen molar-refractivity contribution in [2.75, 3.05) is 12.0 Å². The van der Waals surface area contributed by atoms with Crippen molar-refractivity contribution < 1.29 is 4.79 Å². The fourth-order valence-electron chi connectivity index (χ4n) is 1.05. The molecule has 0 fully saturated rings. The number of hydrogen-bond donors (Lipinski definition) is 3. The van der Waals surface area contributed by atoms with E-state index in [0.29, 0.717) is 17.9 Å². The van der Waals surface area contributed by atoms with Crippen molar-refractivity contribution in [3.8, 4) is 0 Å². The molecule has 1 rings (SSSR count). The molecule has 1 amide bonds. The molecular formula is C11H18N4O. The van der Waals surface area contributed by atoms with Gasteiger partial charge in [0.15, 0.2) is 0 Å².